The highest BCUT2D eigenvalue weighted by Gasteiger charge is 2.49. The van der Waals surface area contributed by atoms with Gasteiger partial charge in [0.2, 0.25) is 0 Å². The van der Waals surface area contributed by atoms with Gasteiger partial charge >= 0.3 is 0 Å². The van der Waals surface area contributed by atoms with Gasteiger partial charge in [-0.15, -0.1) is 0 Å². The predicted octanol–water partition coefficient (Wildman–Crippen LogP) is 2.16. The smallest absolute Gasteiger partial charge is 0.0586 e. The Morgan fingerprint density at radius 2 is 2.00 bits per heavy atom. The number of rotatable bonds is 4. The molecule has 2 aromatic rings. The van der Waals surface area contributed by atoms with Crippen molar-refractivity contribution in [3.63, 3.8) is 0 Å². The number of para-hydroxylation sites is 1. The van der Waals surface area contributed by atoms with Gasteiger partial charge < -0.3 is 14.6 Å². The van der Waals surface area contributed by atoms with Crippen LogP contribution in [0.15, 0.2) is 30.5 Å². The molecule has 124 valence electrons. The molecule has 2 fully saturated rings. The van der Waals surface area contributed by atoms with Gasteiger partial charge in [-0.05, 0) is 32.0 Å². The fraction of sp³-hybridized carbons (Fsp3) is 0.579. The molecule has 1 unspecified atom stereocenters. The first-order chi connectivity index (χ1) is 11.1. The molecule has 23 heavy (non-hydrogen) atoms. The van der Waals surface area contributed by atoms with E-state index in [1.165, 1.54) is 29.6 Å². The zero-order valence-corrected chi connectivity index (χ0v) is 14.2. The van der Waals surface area contributed by atoms with Gasteiger partial charge in [0.1, 0.15) is 0 Å². The molecule has 1 atom stereocenters. The van der Waals surface area contributed by atoms with Crippen LogP contribution in [-0.4, -0.2) is 58.8 Å². The van der Waals surface area contributed by atoms with E-state index in [0.29, 0.717) is 18.1 Å². The molecule has 1 aromatic heterocycles. The summed E-state index contributed by atoms with van der Waals surface area (Å²) in [5, 5.41) is 10.9. The maximum atomic E-state index is 9.48. The molecule has 1 N–H and O–H groups in total. The first-order valence-corrected chi connectivity index (χ1v) is 8.74. The molecule has 4 heteroatoms. The highest BCUT2D eigenvalue weighted by molar-refractivity contribution is 5.83. The maximum Gasteiger partial charge on any atom is 0.0586 e. The number of benzene rings is 1. The highest BCUT2D eigenvalue weighted by Crippen LogP contribution is 2.42. The first kappa shape index (κ1) is 15.2. The Labute approximate surface area is 138 Å². The third-order valence-electron chi connectivity index (χ3n) is 5.81. The zero-order chi connectivity index (χ0) is 16.0. The Bertz CT molecular complexity index is 702. The third-order valence-corrected chi connectivity index (χ3v) is 5.81. The summed E-state index contributed by atoms with van der Waals surface area (Å²) in [5.74, 6) is 0. The van der Waals surface area contributed by atoms with Gasteiger partial charge in [0.05, 0.1) is 6.61 Å². The third kappa shape index (κ3) is 2.49. The highest BCUT2D eigenvalue weighted by atomic mass is 16.3. The number of hydrogen-bond acceptors (Lipinski definition) is 3. The van der Waals surface area contributed by atoms with Gasteiger partial charge in [0.15, 0.2) is 0 Å². The molecule has 2 aliphatic heterocycles. The number of likely N-dealkylation sites (tertiary alicyclic amines) is 2. The quantitative estimate of drug-likeness (QED) is 0.939. The number of hydrogen-bond donors (Lipinski definition) is 1. The van der Waals surface area contributed by atoms with Crippen LogP contribution in [0.3, 0.4) is 0 Å². The summed E-state index contributed by atoms with van der Waals surface area (Å²) in [4.78, 5) is 4.90. The van der Waals surface area contributed by atoms with Crippen LogP contribution in [0.25, 0.3) is 10.9 Å². The summed E-state index contributed by atoms with van der Waals surface area (Å²) in [6.07, 6.45) is 3.47. The van der Waals surface area contributed by atoms with Gasteiger partial charge in [0, 0.05) is 61.3 Å². The Kier molecular flexibility index (Phi) is 3.71. The standard InChI is InChI=1S/C19H27N3O/c1-3-22-10-15(17-6-4-5-7-18(17)22)9-21-13-19(14-21)8-16(11-23)20(2)12-19/h4-7,10,16,23H,3,8-9,11-14H2,1-2H3. The molecular weight excluding hydrogens is 286 g/mol. The Morgan fingerprint density at radius 1 is 1.22 bits per heavy atom. The molecule has 4 nitrogen and oxygen atoms in total. The van der Waals surface area contributed by atoms with Gasteiger partial charge in [-0.25, -0.2) is 0 Å². The largest absolute Gasteiger partial charge is 0.395 e. The molecule has 0 aliphatic carbocycles. The van der Waals surface area contributed by atoms with E-state index in [2.05, 4.69) is 58.8 Å². The average molecular weight is 313 g/mol. The lowest BCUT2D eigenvalue weighted by Crippen LogP contribution is -2.56. The number of aliphatic hydroxyl groups is 1. The molecule has 1 spiro atoms. The van der Waals surface area contributed by atoms with E-state index < -0.39 is 0 Å². The minimum atomic E-state index is 0.294. The number of aryl methyl sites for hydroxylation is 1. The minimum absolute atomic E-state index is 0.294. The van der Waals surface area contributed by atoms with Crippen LogP contribution in [0, 0.1) is 5.41 Å². The molecule has 0 bridgehead atoms. The zero-order valence-electron chi connectivity index (χ0n) is 14.2. The van der Waals surface area contributed by atoms with Crippen LogP contribution in [0.1, 0.15) is 18.9 Å². The monoisotopic (exact) mass is 313 g/mol. The lowest BCUT2D eigenvalue weighted by atomic mass is 9.77. The number of nitrogens with zero attached hydrogens (tertiary/aromatic N) is 3. The SMILES string of the molecule is CCn1cc(CN2CC3(CC(CO)N(C)C3)C2)c2ccccc21. The van der Waals surface area contributed by atoms with Crippen molar-refractivity contribution in [2.45, 2.75) is 32.5 Å². The Morgan fingerprint density at radius 3 is 2.70 bits per heavy atom. The van der Waals surface area contributed by atoms with Crippen LogP contribution < -0.4 is 0 Å². The summed E-state index contributed by atoms with van der Waals surface area (Å²) in [6.45, 7) is 8.03. The van der Waals surface area contributed by atoms with Crippen LogP contribution in [0.5, 0.6) is 0 Å². The van der Waals surface area contributed by atoms with Crippen LogP contribution in [0.2, 0.25) is 0 Å². The van der Waals surface area contributed by atoms with E-state index >= 15 is 0 Å². The molecular formula is C19H27N3O. The summed E-state index contributed by atoms with van der Waals surface area (Å²) in [7, 11) is 2.15. The summed E-state index contributed by atoms with van der Waals surface area (Å²) in [6, 6.07) is 9.09. The van der Waals surface area contributed by atoms with Crippen LogP contribution >= 0.6 is 0 Å². The van der Waals surface area contributed by atoms with Crippen molar-refractivity contribution in [3.8, 4) is 0 Å². The molecule has 3 heterocycles. The summed E-state index contributed by atoms with van der Waals surface area (Å²) < 4.78 is 2.35. The topological polar surface area (TPSA) is 31.6 Å². The second-order valence-electron chi connectivity index (χ2n) is 7.56. The molecule has 1 aromatic carbocycles. The van der Waals surface area contributed by atoms with Crippen molar-refractivity contribution in [1.29, 1.82) is 0 Å². The first-order valence-electron chi connectivity index (χ1n) is 8.74. The van der Waals surface area contributed by atoms with Gasteiger partial charge in [0.25, 0.3) is 0 Å². The Hall–Kier alpha value is -1.36. The fourth-order valence-electron chi connectivity index (χ4n) is 4.78. The number of fused-ring (bicyclic) bond motifs is 1. The van der Waals surface area contributed by atoms with E-state index in [1.807, 2.05) is 0 Å². The lowest BCUT2D eigenvalue weighted by molar-refractivity contribution is 0.00329. The molecule has 4 rings (SSSR count). The minimum Gasteiger partial charge on any atom is -0.395 e. The summed E-state index contributed by atoms with van der Waals surface area (Å²) >= 11 is 0. The van der Waals surface area contributed by atoms with Crippen molar-refractivity contribution in [1.82, 2.24) is 14.4 Å². The van der Waals surface area contributed by atoms with Gasteiger partial charge in [-0.3, -0.25) is 4.90 Å². The Balaban J connectivity index is 1.47. The van der Waals surface area contributed by atoms with Crippen LogP contribution in [0.4, 0.5) is 0 Å². The second-order valence-corrected chi connectivity index (χ2v) is 7.56. The van der Waals surface area contributed by atoms with Crippen molar-refractivity contribution < 1.29 is 5.11 Å². The molecule has 0 saturated carbocycles. The van der Waals surface area contributed by atoms with Gasteiger partial charge in [-0.1, -0.05) is 18.2 Å². The van der Waals surface area contributed by atoms with Crippen LogP contribution in [-0.2, 0) is 13.1 Å². The molecule has 0 amide bonds. The van der Waals surface area contributed by atoms with E-state index in [-0.39, 0.29) is 0 Å². The average Bonchev–Trinajstić information content (AvgIpc) is 3.05. The molecule has 2 aliphatic rings. The van der Waals surface area contributed by atoms with Crippen molar-refractivity contribution in [2.75, 3.05) is 33.3 Å². The van der Waals surface area contributed by atoms with E-state index in [0.717, 1.165) is 26.1 Å². The van der Waals surface area contributed by atoms with Crippen molar-refractivity contribution in [3.05, 3.63) is 36.0 Å². The summed E-state index contributed by atoms with van der Waals surface area (Å²) in [5.41, 5.74) is 3.22. The molecule has 0 radical (unpaired) electrons. The second kappa shape index (κ2) is 5.62. The van der Waals surface area contributed by atoms with E-state index in [4.69, 9.17) is 0 Å². The number of aromatic nitrogens is 1. The number of likely N-dealkylation sites (N-methyl/N-ethyl adjacent to an activating group) is 1. The molecule has 2 saturated heterocycles. The number of aliphatic hydroxyl groups excluding tert-OH is 1. The normalized spacial score (nSPS) is 24.6. The predicted molar refractivity (Wildman–Crippen MR) is 93.4 cm³/mol. The van der Waals surface area contributed by atoms with Crippen molar-refractivity contribution in [2.24, 2.45) is 5.41 Å². The van der Waals surface area contributed by atoms with Gasteiger partial charge in [-0.2, -0.15) is 0 Å². The van der Waals surface area contributed by atoms with E-state index in [1.54, 1.807) is 0 Å². The fourth-order valence-corrected chi connectivity index (χ4v) is 4.78. The maximum absolute atomic E-state index is 9.48. The lowest BCUT2D eigenvalue weighted by Gasteiger charge is -2.48. The van der Waals surface area contributed by atoms with Crippen molar-refractivity contribution >= 4 is 10.9 Å². The van der Waals surface area contributed by atoms with E-state index in [9.17, 15) is 5.11 Å².